The highest BCUT2D eigenvalue weighted by Crippen LogP contribution is 2.42. The van der Waals surface area contributed by atoms with Crippen LogP contribution in [0.4, 0.5) is 11.5 Å². The number of anilines is 2. The standard InChI is InChI=1S/C22H32ClN5O2Si/c1-22(2,3)31(4,5)30-14-9-13(10-14)21(29)26-18-11-15(16(23)12-25-18)19-20-17(27-28-19)7-6-8-24-20/h11-14,24H,6-10H2,1-5H3,(H,27,28)(H,25,26,29)/t13-,14+. The Morgan fingerprint density at radius 3 is 2.77 bits per heavy atom. The minimum absolute atomic E-state index is 0.0157. The number of carbonyl (C=O) groups is 1. The van der Waals surface area contributed by atoms with Gasteiger partial charge in [-0.2, -0.15) is 5.10 Å². The van der Waals surface area contributed by atoms with Crippen molar-refractivity contribution in [3.8, 4) is 11.3 Å². The Morgan fingerprint density at radius 1 is 1.32 bits per heavy atom. The van der Waals surface area contributed by atoms with Gasteiger partial charge < -0.3 is 15.1 Å². The fraction of sp³-hybridized carbons (Fsp3) is 0.591. The van der Waals surface area contributed by atoms with Crippen molar-refractivity contribution in [2.75, 3.05) is 17.2 Å². The Bertz CT molecular complexity index is 979. The third kappa shape index (κ3) is 4.52. The summed E-state index contributed by atoms with van der Waals surface area (Å²) in [6.07, 6.45) is 5.29. The molecule has 1 aliphatic carbocycles. The van der Waals surface area contributed by atoms with Gasteiger partial charge in [-0.05, 0) is 49.9 Å². The normalized spacial score (nSPS) is 21.1. The first-order valence-electron chi connectivity index (χ1n) is 11.0. The summed E-state index contributed by atoms with van der Waals surface area (Å²) in [7, 11) is -1.81. The predicted molar refractivity (Wildman–Crippen MR) is 127 cm³/mol. The quantitative estimate of drug-likeness (QED) is 0.530. The van der Waals surface area contributed by atoms with Crippen LogP contribution >= 0.6 is 11.6 Å². The Balaban J connectivity index is 1.40. The highest BCUT2D eigenvalue weighted by molar-refractivity contribution is 6.74. The van der Waals surface area contributed by atoms with Crippen LogP contribution in [0.5, 0.6) is 0 Å². The number of nitrogens with zero attached hydrogens (tertiary/aromatic N) is 2. The van der Waals surface area contributed by atoms with E-state index in [9.17, 15) is 4.79 Å². The van der Waals surface area contributed by atoms with Crippen LogP contribution in [-0.4, -0.2) is 42.1 Å². The van der Waals surface area contributed by atoms with Crippen molar-refractivity contribution in [3.63, 3.8) is 0 Å². The van der Waals surface area contributed by atoms with Crippen LogP contribution in [0.15, 0.2) is 12.3 Å². The number of halogens is 1. The van der Waals surface area contributed by atoms with Crippen LogP contribution in [-0.2, 0) is 15.6 Å². The van der Waals surface area contributed by atoms with E-state index >= 15 is 0 Å². The molecule has 0 spiro atoms. The molecule has 1 saturated carbocycles. The fourth-order valence-electron chi connectivity index (χ4n) is 3.81. The van der Waals surface area contributed by atoms with E-state index in [4.69, 9.17) is 16.0 Å². The van der Waals surface area contributed by atoms with Crippen LogP contribution in [0.3, 0.4) is 0 Å². The molecule has 0 bridgehead atoms. The zero-order chi connectivity index (χ0) is 22.4. The zero-order valence-electron chi connectivity index (χ0n) is 18.9. The molecule has 31 heavy (non-hydrogen) atoms. The number of nitrogens with one attached hydrogen (secondary N) is 3. The van der Waals surface area contributed by atoms with E-state index in [0.29, 0.717) is 10.8 Å². The molecule has 1 fully saturated rings. The number of aromatic amines is 1. The topological polar surface area (TPSA) is 91.9 Å². The molecule has 168 valence electrons. The van der Waals surface area contributed by atoms with Crippen molar-refractivity contribution in [1.82, 2.24) is 15.2 Å². The van der Waals surface area contributed by atoms with Crippen LogP contribution in [0.2, 0.25) is 23.2 Å². The van der Waals surface area contributed by atoms with Crippen molar-refractivity contribution in [2.24, 2.45) is 5.92 Å². The third-order valence-electron chi connectivity index (χ3n) is 6.84. The smallest absolute Gasteiger partial charge is 0.228 e. The van der Waals surface area contributed by atoms with Gasteiger partial charge in [-0.1, -0.05) is 32.4 Å². The Hall–Kier alpha value is -1.90. The molecule has 0 radical (unpaired) electrons. The second kappa shape index (κ2) is 8.22. The number of rotatable bonds is 5. The third-order valence-corrected chi connectivity index (χ3v) is 11.7. The summed E-state index contributed by atoms with van der Waals surface area (Å²) in [5.74, 6) is 0.430. The highest BCUT2D eigenvalue weighted by atomic mass is 35.5. The van der Waals surface area contributed by atoms with Crippen LogP contribution in [0, 0.1) is 5.92 Å². The van der Waals surface area contributed by atoms with Crippen molar-refractivity contribution in [1.29, 1.82) is 0 Å². The van der Waals surface area contributed by atoms with Gasteiger partial charge >= 0.3 is 0 Å². The molecule has 2 aromatic rings. The lowest BCUT2D eigenvalue weighted by Crippen LogP contribution is -2.49. The maximum atomic E-state index is 12.8. The van der Waals surface area contributed by atoms with E-state index < -0.39 is 8.32 Å². The molecule has 3 heterocycles. The van der Waals surface area contributed by atoms with Crippen molar-refractivity contribution in [3.05, 3.63) is 23.0 Å². The minimum atomic E-state index is -1.81. The zero-order valence-corrected chi connectivity index (χ0v) is 20.7. The van der Waals surface area contributed by atoms with Gasteiger partial charge in [0.05, 0.1) is 16.4 Å². The average molecular weight is 462 g/mol. The fourth-order valence-corrected chi connectivity index (χ4v) is 5.38. The number of aryl methyl sites for hydroxylation is 1. The minimum Gasteiger partial charge on any atom is -0.414 e. The predicted octanol–water partition coefficient (Wildman–Crippen LogP) is 5.22. The molecule has 2 aliphatic rings. The Labute approximate surface area is 189 Å². The van der Waals surface area contributed by atoms with E-state index in [1.807, 2.05) is 0 Å². The average Bonchev–Trinajstić information content (AvgIpc) is 3.09. The molecule has 1 aliphatic heterocycles. The first-order valence-corrected chi connectivity index (χ1v) is 14.3. The van der Waals surface area contributed by atoms with Gasteiger partial charge in [-0.15, -0.1) is 0 Å². The number of amides is 1. The molecule has 2 aromatic heterocycles. The maximum Gasteiger partial charge on any atom is 0.228 e. The summed E-state index contributed by atoms with van der Waals surface area (Å²) in [5.41, 5.74) is 3.60. The lowest BCUT2D eigenvalue weighted by Gasteiger charge is -2.44. The van der Waals surface area contributed by atoms with Crippen molar-refractivity contribution in [2.45, 2.75) is 70.7 Å². The summed E-state index contributed by atoms with van der Waals surface area (Å²) >= 11 is 6.42. The molecular formula is C22H32ClN5O2Si. The van der Waals surface area contributed by atoms with E-state index in [1.165, 1.54) is 0 Å². The summed E-state index contributed by atoms with van der Waals surface area (Å²) in [6.45, 7) is 12.1. The number of hydrogen-bond acceptors (Lipinski definition) is 5. The second-order valence-corrected chi connectivity index (χ2v) is 15.3. The van der Waals surface area contributed by atoms with Gasteiger partial charge in [-0.3, -0.25) is 9.89 Å². The molecule has 3 N–H and O–H groups in total. The Morgan fingerprint density at radius 2 is 2.06 bits per heavy atom. The molecule has 9 heteroatoms. The van der Waals surface area contributed by atoms with Crippen LogP contribution in [0.1, 0.15) is 45.7 Å². The summed E-state index contributed by atoms with van der Waals surface area (Å²) in [5, 5.41) is 14.6. The number of fused-ring (bicyclic) bond motifs is 1. The molecule has 1 amide bonds. The highest BCUT2D eigenvalue weighted by Gasteiger charge is 2.44. The molecule has 0 unspecified atom stereocenters. The lowest BCUT2D eigenvalue weighted by atomic mass is 9.82. The Kier molecular flexibility index (Phi) is 5.91. The number of hydrogen-bond donors (Lipinski definition) is 3. The summed E-state index contributed by atoms with van der Waals surface area (Å²) in [4.78, 5) is 17.1. The summed E-state index contributed by atoms with van der Waals surface area (Å²) in [6, 6.07) is 1.80. The number of carbonyl (C=O) groups excluding carboxylic acids is 1. The number of pyridine rings is 1. The molecule has 4 rings (SSSR count). The molecule has 7 nitrogen and oxygen atoms in total. The van der Waals surface area contributed by atoms with Crippen molar-refractivity contribution < 1.29 is 9.22 Å². The van der Waals surface area contributed by atoms with Gasteiger partial charge in [-0.25, -0.2) is 4.98 Å². The van der Waals surface area contributed by atoms with Gasteiger partial charge in [0, 0.05) is 30.3 Å². The first-order chi connectivity index (χ1) is 14.5. The van der Waals surface area contributed by atoms with E-state index in [0.717, 1.165) is 54.9 Å². The molecule has 0 saturated heterocycles. The monoisotopic (exact) mass is 461 g/mol. The number of aromatic nitrogens is 3. The van der Waals surface area contributed by atoms with E-state index in [1.54, 1.807) is 12.3 Å². The first kappa shape index (κ1) is 22.3. The molecular weight excluding hydrogens is 430 g/mol. The van der Waals surface area contributed by atoms with Crippen molar-refractivity contribution >= 4 is 37.3 Å². The van der Waals surface area contributed by atoms with E-state index in [2.05, 4.69) is 59.7 Å². The van der Waals surface area contributed by atoms with Gasteiger partial charge in [0.15, 0.2) is 8.32 Å². The largest absolute Gasteiger partial charge is 0.414 e. The summed E-state index contributed by atoms with van der Waals surface area (Å²) < 4.78 is 6.41. The van der Waals surface area contributed by atoms with Crippen LogP contribution in [0.25, 0.3) is 11.3 Å². The van der Waals surface area contributed by atoms with Crippen LogP contribution < -0.4 is 10.6 Å². The second-order valence-electron chi connectivity index (χ2n) is 10.2. The molecule has 0 aromatic carbocycles. The van der Waals surface area contributed by atoms with E-state index in [-0.39, 0.29) is 23.0 Å². The van der Waals surface area contributed by atoms with Gasteiger partial charge in [0.25, 0.3) is 0 Å². The lowest BCUT2D eigenvalue weighted by molar-refractivity contribution is -0.125. The van der Waals surface area contributed by atoms with Gasteiger partial charge in [0.1, 0.15) is 11.5 Å². The van der Waals surface area contributed by atoms with Gasteiger partial charge in [0.2, 0.25) is 5.91 Å². The molecule has 0 atom stereocenters. The maximum absolute atomic E-state index is 12.8. The SMILES string of the molecule is CC(C)(C)[Si](C)(C)O[C@H]1C[C@@H](C(=O)Nc2cc(-c3n[nH]c4c3NCCC4)c(Cl)cn2)C1. The number of H-pyrrole nitrogens is 1.